The van der Waals surface area contributed by atoms with E-state index in [1.54, 1.807) is 12.0 Å². The first-order chi connectivity index (χ1) is 16.2. The molecule has 0 spiro atoms. The fourth-order valence-corrected chi connectivity index (χ4v) is 5.91. The number of piperidine rings is 1. The average molecular weight is 522 g/mol. The highest BCUT2D eigenvalue weighted by atomic mass is 35.6. The Hall–Kier alpha value is -2.08. The maximum Gasteiger partial charge on any atom is 0.409 e. The third-order valence-electron chi connectivity index (χ3n) is 7.41. The molecule has 1 fully saturated rings. The normalized spacial score (nSPS) is 22.3. The summed E-state index contributed by atoms with van der Waals surface area (Å²) in [5.74, 6) is 1.05. The Bertz CT molecular complexity index is 1240. The maximum atomic E-state index is 12.8. The Balaban J connectivity index is 1.52. The molecule has 3 aromatic rings. The van der Waals surface area contributed by atoms with Crippen molar-refractivity contribution < 1.29 is 14.3 Å². The van der Waals surface area contributed by atoms with E-state index in [1.807, 2.05) is 12.1 Å². The van der Waals surface area contributed by atoms with E-state index in [9.17, 15) is 4.79 Å². The van der Waals surface area contributed by atoms with Gasteiger partial charge in [-0.2, -0.15) is 0 Å². The van der Waals surface area contributed by atoms with Gasteiger partial charge in [0.2, 0.25) is 3.79 Å². The Labute approximate surface area is 214 Å². The number of carbonyl (C=O) groups is 1. The summed E-state index contributed by atoms with van der Waals surface area (Å²) < 4.78 is 9.22. The molecule has 0 saturated carbocycles. The number of likely N-dealkylation sites (tertiary alicyclic amines) is 1. The van der Waals surface area contributed by atoms with Gasteiger partial charge in [0, 0.05) is 35.1 Å². The first kappa shape index (κ1) is 23.7. The lowest BCUT2D eigenvalue weighted by atomic mass is 9.59. The molecule has 2 unspecified atom stereocenters. The molecule has 1 aliphatic carbocycles. The van der Waals surface area contributed by atoms with Gasteiger partial charge in [-0.1, -0.05) is 58.6 Å². The number of ether oxygens (including phenoxy) is 2. The van der Waals surface area contributed by atoms with Gasteiger partial charge >= 0.3 is 6.09 Å². The second kappa shape index (κ2) is 8.85. The van der Waals surface area contributed by atoms with Gasteiger partial charge in [-0.25, -0.2) is 4.79 Å². The lowest BCUT2D eigenvalue weighted by molar-refractivity contribution is 0.0539. The molecular weight excluding hydrogens is 495 g/mol. The van der Waals surface area contributed by atoms with E-state index in [4.69, 9.17) is 44.3 Å². The van der Waals surface area contributed by atoms with Gasteiger partial charge in [-0.15, -0.1) is 0 Å². The van der Waals surface area contributed by atoms with E-state index in [0.717, 1.165) is 30.5 Å². The predicted molar refractivity (Wildman–Crippen MR) is 136 cm³/mol. The van der Waals surface area contributed by atoms with Crippen LogP contribution in [0, 0.1) is 12.8 Å². The topological polar surface area (TPSA) is 54.6 Å². The Morgan fingerprint density at radius 3 is 2.82 bits per heavy atom. The lowest BCUT2D eigenvalue weighted by Crippen LogP contribution is -2.55. The quantitative estimate of drug-likeness (QED) is 0.409. The number of nitrogens with one attached hydrogen (secondary N) is 1. The molecule has 1 aliphatic heterocycles. The van der Waals surface area contributed by atoms with Gasteiger partial charge in [-0.05, 0) is 67.5 Å². The zero-order chi connectivity index (χ0) is 24.1. The number of fused-ring (bicyclic) bond motifs is 4. The number of hydrogen-bond acceptors (Lipinski definition) is 3. The molecule has 1 saturated heterocycles. The van der Waals surface area contributed by atoms with E-state index in [-0.39, 0.29) is 17.9 Å². The van der Waals surface area contributed by atoms with Crippen LogP contribution in [0.2, 0.25) is 0 Å². The van der Waals surface area contributed by atoms with Crippen molar-refractivity contribution in [2.24, 2.45) is 5.92 Å². The van der Waals surface area contributed by atoms with Crippen molar-refractivity contribution in [1.29, 1.82) is 0 Å². The Morgan fingerprint density at radius 2 is 2.06 bits per heavy atom. The monoisotopic (exact) mass is 520 g/mol. The Kier molecular flexibility index (Phi) is 6.16. The van der Waals surface area contributed by atoms with Crippen LogP contribution in [0.1, 0.15) is 28.8 Å². The summed E-state index contributed by atoms with van der Waals surface area (Å²) in [6, 6.07) is 14.9. The first-order valence-electron chi connectivity index (χ1n) is 11.4. The first-order valence-corrected chi connectivity index (χ1v) is 12.5. The van der Waals surface area contributed by atoms with E-state index >= 15 is 0 Å². The molecule has 2 aromatic carbocycles. The zero-order valence-electron chi connectivity index (χ0n) is 19.2. The number of halogens is 3. The van der Waals surface area contributed by atoms with Crippen LogP contribution in [0.3, 0.4) is 0 Å². The van der Waals surface area contributed by atoms with Crippen molar-refractivity contribution in [3.63, 3.8) is 0 Å². The molecule has 5 nitrogen and oxygen atoms in total. The summed E-state index contributed by atoms with van der Waals surface area (Å²) in [7, 11) is 1.69. The van der Waals surface area contributed by atoms with Crippen molar-refractivity contribution in [2.45, 2.75) is 35.4 Å². The minimum absolute atomic E-state index is 0.122. The number of amides is 1. The third kappa shape index (κ3) is 4.34. The predicted octanol–water partition coefficient (Wildman–Crippen LogP) is 6.35. The number of H-pyrrole nitrogens is 1. The van der Waals surface area contributed by atoms with E-state index < -0.39 is 9.89 Å². The Morgan fingerprint density at radius 1 is 1.24 bits per heavy atom. The second-order valence-corrected chi connectivity index (χ2v) is 12.0. The van der Waals surface area contributed by atoms with Crippen molar-refractivity contribution >= 4 is 51.8 Å². The highest BCUT2D eigenvalue weighted by molar-refractivity contribution is 6.67. The number of aromatic amines is 1. The summed E-state index contributed by atoms with van der Waals surface area (Å²) in [5, 5.41) is 1.27. The second-order valence-electron chi connectivity index (χ2n) is 9.46. The van der Waals surface area contributed by atoms with Crippen LogP contribution in [-0.2, 0) is 23.0 Å². The van der Waals surface area contributed by atoms with Crippen LogP contribution in [0.4, 0.5) is 4.79 Å². The van der Waals surface area contributed by atoms with Gasteiger partial charge in [0.25, 0.3) is 0 Å². The highest BCUT2D eigenvalue weighted by Gasteiger charge is 2.49. The number of alkyl halides is 3. The van der Waals surface area contributed by atoms with Gasteiger partial charge in [-0.3, -0.25) is 0 Å². The number of hydrogen-bond donors (Lipinski definition) is 1. The number of methoxy groups -OCH3 is 1. The van der Waals surface area contributed by atoms with Crippen molar-refractivity contribution in [3.05, 3.63) is 64.8 Å². The summed E-state index contributed by atoms with van der Waals surface area (Å²) >= 11 is 17.4. The number of rotatable bonds is 3. The third-order valence-corrected chi connectivity index (χ3v) is 7.73. The summed E-state index contributed by atoms with van der Waals surface area (Å²) in [6.07, 6.45) is 2.11. The van der Waals surface area contributed by atoms with Crippen LogP contribution in [0.15, 0.2) is 42.5 Å². The molecule has 180 valence electrons. The zero-order valence-corrected chi connectivity index (χ0v) is 21.4. The molecular formula is C26H27Cl3N2O3. The molecule has 5 rings (SSSR count). The SMILES string of the molecule is COc1cccc(C23CCN(C(=O)OCC(Cl)(Cl)Cl)CC2Cc2c([nH]c4ccc(C)cc24)C3)c1. The molecule has 0 radical (unpaired) electrons. The molecule has 1 aromatic heterocycles. The van der Waals surface area contributed by atoms with E-state index in [0.29, 0.717) is 13.1 Å². The summed E-state index contributed by atoms with van der Waals surface area (Å²) in [4.78, 5) is 18.3. The summed E-state index contributed by atoms with van der Waals surface area (Å²) in [6.45, 7) is 2.99. The van der Waals surface area contributed by atoms with Crippen LogP contribution >= 0.6 is 34.8 Å². The molecule has 8 heteroatoms. The van der Waals surface area contributed by atoms with Gasteiger partial charge in [0.1, 0.15) is 12.4 Å². The van der Waals surface area contributed by atoms with Crippen molar-refractivity contribution in [3.8, 4) is 5.75 Å². The molecule has 1 N–H and O–H groups in total. The highest BCUT2D eigenvalue weighted by Crippen LogP contribution is 2.49. The van der Waals surface area contributed by atoms with Gasteiger partial charge in [0.15, 0.2) is 0 Å². The molecule has 1 amide bonds. The number of carbonyl (C=O) groups excluding carboxylic acids is 1. The molecule has 0 bridgehead atoms. The van der Waals surface area contributed by atoms with Crippen LogP contribution in [0.5, 0.6) is 5.75 Å². The molecule has 34 heavy (non-hydrogen) atoms. The average Bonchev–Trinajstić information content (AvgIpc) is 3.16. The number of benzene rings is 2. The van der Waals surface area contributed by atoms with Crippen molar-refractivity contribution in [1.82, 2.24) is 9.88 Å². The van der Waals surface area contributed by atoms with E-state index in [1.165, 1.54) is 27.8 Å². The fourth-order valence-electron chi connectivity index (χ4n) is 5.74. The molecule has 2 heterocycles. The van der Waals surface area contributed by atoms with Crippen LogP contribution in [0.25, 0.3) is 10.9 Å². The van der Waals surface area contributed by atoms with Gasteiger partial charge in [0.05, 0.1) is 7.11 Å². The standard InChI is InChI=1S/C26H27Cl3N2O3/c1-16-6-7-22-20(10-16)21-12-18-14-31(24(32)34-15-26(27,28)29)9-8-25(18,13-23(21)30-22)17-4-3-5-19(11-17)33-2/h3-7,10-11,18,30H,8-9,12-15H2,1-2H3. The minimum atomic E-state index is -1.63. The van der Waals surface area contributed by atoms with Crippen LogP contribution in [-0.4, -0.2) is 46.6 Å². The van der Waals surface area contributed by atoms with Crippen molar-refractivity contribution in [2.75, 3.05) is 26.8 Å². The number of aromatic nitrogens is 1. The van der Waals surface area contributed by atoms with E-state index in [2.05, 4.69) is 42.2 Å². The molecule has 2 aliphatic rings. The molecule has 2 atom stereocenters. The lowest BCUT2D eigenvalue weighted by Gasteiger charge is -2.50. The number of aryl methyl sites for hydroxylation is 1. The smallest absolute Gasteiger partial charge is 0.409 e. The maximum absolute atomic E-state index is 12.8. The largest absolute Gasteiger partial charge is 0.497 e. The minimum Gasteiger partial charge on any atom is -0.497 e. The fraction of sp³-hybridized carbons (Fsp3) is 0.423. The summed E-state index contributed by atoms with van der Waals surface area (Å²) in [5.41, 5.74) is 6.15. The van der Waals surface area contributed by atoms with Crippen LogP contribution < -0.4 is 4.74 Å². The van der Waals surface area contributed by atoms with Gasteiger partial charge < -0.3 is 19.4 Å². The number of nitrogens with zero attached hydrogens (tertiary/aromatic N) is 1.